The van der Waals surface area contributed by atoms with Gasteiger partial charge in [-0.1, -0.05) is 19.9 Å². The number of fused-ring (bicyclic) bond motifs is 1. The van der Waals surface area contributed by atoms with E-state index in [-0.39, 0.29) is 5.56 Å². The smallest absolute Gasteiger partial charge is 0.258 e. The number of rotatable bonds is 2. The van der Waals surface area contributed by atoms with E-state index in [1.165, 1.54) is 5.56 Å². The van der Waals surface area contributed by atoms with Crippen LogP contribution >= 0.6 is 0 Å². The summed E-state index contributed by atoms with van der Waals surface area (Å²) in [5.74, 6) is 1.10. The van der Waals surface area contributed by atoms with Crippen molar-refractivity contribution in [2.24, 2.45) is 7.05 Å². The summed E-state index contributed by atoms with van der Waals surface area (Å²) < 4.78 is 6.81. The van der Waals surface area contributed by atoms with Gasteiger partial charge in [0, 0.05) is 13.2 Å². The molecule has 1 aromatic heterocycles. The Hall–Kier alpha value is -1.77. The average Bonchev–Trinajstić information content (AvgIpc) is 2.32. The highest BCUT2D eigenvalue weighted by molar-refractivity contribution is 5.86. The molecule has 90 valence electrons. The predicted octanol–water partition coefficient (Wildman–Crippen LogP) is 2.67. The highest BCUT2D eigenvalue weighted by Gasteiger charge is 2.10. The van der Waals surface area contributed by atoms with Crippen LogP contribution in [0.5, 0.6) is 5.75 Å². The van der Waals surface area contributed by atoms with E-state index >= 15 is 0 Å². The third-order valence-electron chi connectivity index (χ3n) is 3.04. The van der Waals surface area contributed by atoms with Crippen molar-refractivity contribution >= 4 is 10.8 Å². The maximum Gasteiger partial charge on any atom is 0.258 e. The molecule has 0 saturated heterocycles. The number of pyridine rings is 1. The minimum Gasteiger partial charge on any atom is -0.497 e. The fourth-order valence-corrected chi connectivity index (χ4v) is 2.07. The van der Waals surface area contributed by atoms with Crippen molar-refractivity contribution in [1.29, 1.82) is 0 Å². The number of methoxy groups -OCH3 is 1. The van der Waals surface area contributed by atoms with E-state index in [9.17, 15) is 4.79 Å². The van der Waals surface area contributed by atoms with Crippen LogP contribution in [-0.2, 0) is 7.05 Å². The lowest BCUT2D eigenvalue weighted by Crippen LogP contribution is -2.17. The topological polar surface area (TPSA) is 31.2 Å². The van der Waals surface area contributed by atoms with Crippen molar-refractivity contribution in [1.82, 2.24) is 4.57 Å². The molecular weight excluding hydrogens is 214 g/mol. The summed E-state index contributed by atoms with van der Waals surface area (Å²) in [7, 11) is 3.39. The molecular formula is C14H17NO2. The molecule has 2 aromatic rings. The van der Waals surface area contributed by atoms with Gasteiger partial charge in [-0.25, -0.2) is 0 Å². The maximum atomic E-state index is 12.1. The first-order valence-electron chi connectivity index (χ1n) is 5.72. The maximum absolute atomic E-state index is 12.1. The summed E-state index contributed by atoms with van der Waals surface area (Å²) in [5, 5.41) is 1.74. The lowest BCUT2D eigenvalue weighted by atomic mass is 9.98. The molecule has 0 fully saturated rings. The normalized spacial score (nSPS) is 11.1. The van der Waals surface area contributed by atoms with Gasteiger partial charge in [-0.3, -0.25) is 4.79 Å². The zero-order valence-corrected chi connectivity index (χ0v) is 10.7. The third kappa shape index (κ3) is 1.93. The molecule has 1 aromatic carbocycles. The SMILES string of the molecule is COc1ccc2c(C(C)C)cn(C)c(=O)c2c1. The minimum atomic E-state index is 0.0169. The van der Waals surface area contributed by atoms with Gasteiger partial charge in [0.05, 0.1) is 12.5 Å². The van der Waals surface area contributed by atoms with E-state index < -0.39 is 0 Å². The summed E-state index contributed by atoms with van der Waals surface area (Å²) in [6, 6.07) is 5.67. The molecule has 17 heavy (non-hydrogen) atoms. The first-order chi connectivity index (χ1) is 8.04. The Morgan fingerprint density at radius 2 is 1.94 bits per heavy atom. The molecule has 3 nitrogen and oxygen atoms in total. The molecule has 0 atom stereocenters. The summed E-state index contributed by atoms with van der Waals surface area (Å²) in [6.07, 6.45) is 1.92. The van der Waals surface area contributed by atoms with Crippen molar-refractivity contribution in [2.75, 3.05) is 7.11 Å². The second kappa shape index (κ2) is 4.24. The molecule has 2 rings (SSSR count). The molecule has 0 unspecified atom stereocenters. The van der Waals surface area contributed by atoms with Crippen molar-refractivity contribution in [3.05, 3.63) is 40.3 Å². The van der Waals surface area contributed by atoms with E-state index in [1.54, 1.807) is 18.7 Å². The molecule has 0 saturated carbocycles. The van der Waals surface area contributed by atoms with E-state index in [2.05, 4.69) is 13.8 Å². The van der Waals surface area contributed by atoms with Crippen LogP contribution in [0, 0.1) is 0 Å². The first kappa shape index (κ1) is 11.7. The van der Waals surface area contributed by atoms with Gasteiger partial charge in [-0.05, 0) is 29.0 Å². The van der Waals surface area contributed by atoms with Gasteiger partial charge in [0.2, 0.25) is 0 Å². The van der Waals surface area contributed by atoms with E-state index in [4.69, 9.17) is 4.74 Å². The molecule has 0 aliphatic carbocycles. The summed E-state index contributed by atoms with van der Waals surface area (Å²) >= 11 is 0. The number of aromatic nitrogens is 1. The Morgan fingerprint density at radius 3 is 2.53 bits per heavy atom. The van der Waals surface area contributed by atoms with Crippen molar-refractivity contribution in [2.45, 2.75) is 19.8 Å². The zero-order valence-electron chi connectivity index (χ0n) is 10.7. The average molecular weight is 231 g/mol. The molecule has 0 spiro atoms. The highest BCUT2D eigenvalue weighted by Crippen LogP contribution is 2.25. The van der Waals surface area contributed by atoms with Crippen LogP contribution in [0.4, 0.5) is 0 Å². The van der Waals surface area contributed by atoms with Crippen molar-refractivity contribution in [3.8, 4) is 5.75 Å². The van der Waals surface area contributed by atoms with Gasteiger partial charge in [0.1, 0.15) is 5.75 Å². The van der Waals surface area contributed by atoms with Gasteiger partial charge in [-0.15, -0.1) is 0 Å². The summed E-state index contributed by atoms with van der Waals surface area (Å²) in [5.41, 5.74) is 1.20. The Labute approximate surface area is 101 Å². The fraction of sp³-hybridized carbons (Fsp3) is 0.357. The van der Waals surface area contributed by atoms with Gasteiger partial charge in [0.25, 0.3) is 5.56 Å². The van der Waals surface area contributed by atoms with E-state index in [1.807, 2.05) is 24.4 Å². The van der Waals surface area contributed by atoms with Crippen LogP contribution in [0.3, 0.4) is 0 Å². The van der Waals surface area contributed by atoms with Crippen molar-refractivity contribution < 1.29 is 4.74 Å². The van der Waals surface area contributed by atoms with Gasteiger partial charge in [-0.2, -0.15) is 0 Å². The Bertz CT molecular complexity index is 611. The highest BCUT2D eigenvalue weighted by atomic mass is 16.5. The van der Waals surface area contributed by atoms with E-state index in [0.29, 0.717) is 5.92 Å². The molecule has 0 aliphatic rings. The number of nitrogens with zero attached hydrogens (tertiary/aromatic N) is 1. The van der Waals surface area contributed by atoms with E-state index in [0.717, 1.165) is 16.5 Å². The molecule has 3 heteroatoms. The second-order valence-corrected chi connectivity index (χ2v) is 4.57. The van der Waals surface area contributed by atoms with Crippen LogP contribution in [0.15, 0.2) is 29.2 Å². The van der Waals surface area contributed by atoms with Crippen LogP contribution < -0.4 is 10.3 Å². The molecule has 0 N–H and O–H groups in total. The second-order valence-electron chi connectivity index (χ2n) is 4.57. The van der Waals surface area contributed by atoms with Crippen LogP contribution in [0.2, 0.25) is 0 Å². The predicted molar refractivity (Wildman–Crippen MR) is 69.8 cm³/mol. The summed E-state index contributed by atoms with van der Waals surface area (Å²) in [6.45, 7) is 4.26. The monoisotopic (exact) mass is 231 g/mol. The number of hydrogen-bond acceptors (Lipinski definition) is 2. The first-order valence-corrected chi connectivity index (χ1v) is 5.72. The van der Waals surface area contributed by atoms with Gasteiger partial charge in [0.15, 0.2) is 0 Å². The molecule has 0 amide bonds. The van der Waals surface area contributed by atoms with Gasteiger partial charge < -0.3 is 9.30 Å². The largest absolute Gasteiger partial charge is 0.497 e. The Morgan fingerprint density at radius 1 is 1.24 bits per heavy atom. The Balaban J connectivity index is 2.88. The number of aryl methyl sites for hydroxylation is 1. The van der Waals surface area contributed by atoms with Crippen molar-refractivity contribution in [3.63, 3.8) is 0 Å². The summed E-state index contributed by atoms with van der Waals surface area (Å²) in [4.78, 5) is 12.1. The fourth-order valence-electron chi connectivity index (χ4n) is 2.07. The number of benzene rings is 1. The minimum absolute atomic E-state index is 0.0169. The molecule has 0 aliphatic heterocycles. The van der Waals surface area contributed by atoms with Crippen LogP contribution in [0.1, 0.15) is 25.3 Å². The molecule has 1 heterocycles. The Kier molecular flexibility index (Phi) is 2.92. The molecule has 0 radical (unpaired) electrons. The lowest BCUT2D eigenvalue weighted by molar-refractivity contribution is 0.415. The van der Waals surface area contributed by atoms with Gasteiger partial charge >= 0.3 is 0 Å². The lowest BCUT2D eigenvalue weighted by Gasteiger charge is -2.12. The molecule has 0 bridgehead atoms. The van der Waals surface area contributed by atoms with Crippen LogP contribution in [0.25, 0.3) is 10.8 Å². The third-order valence-corrected chi connectivity index (χ3v) is 3.04. The quantitative estimate of drug-likeness (QED) is 0.795. The number of hydrogen-bond donors (Lipinski definition) is 0. The van der Waals surface area contributed by atoms with Crippen LogP contribution in [-0.4, -0.2) is 11.7 Å². The zero-order chi connectivity index (χ0) is 12.6. The number of ether oxygens (including phenoxy) is 1. The standard InChI is InChI=1S/C14H17NO2/c1-9(2)13-8-15(3)14(16)12-7-10(17-4)5-6-11(12)13/h5-9H,1-4H3.